The van der Waals surface area contributed by atoms with Crippen LogP contribution in [0.4, 0.5) is 0 Å². The fraction of sp³-hybridized carbons (Fsp3) is 0.150. The zero-order chi connectivity index (χ0) is 16.4. The third-order valence-electron chi connectivity index (χ3n) is 4.37. The lowest BCUT2D eigenvalue weighted by Crippen LogP contribution is -2.10. The van der Waals surface area contributed by atoms with Crippen molar-refractivity contribution in [2.24, 2.45) is 0 Å². The Hall–Kier alpha value is -3.01. The van der Waals surface area contributed by atoms with Crippen LogP contribution in [0.2, 0.25) is 0 Å². The van der Waals surface area contributed by atoms with E-state index in [1.165, 1.54) is 5.56 Å². The summed E-state index contributed by atoms with van der Waals surface area (Å²) in [6.45, 7) is 2.19. The Kier molecular flexibility index (Phi) is 3.79. The van der Waals surface area contributed by atoms with Gasteiger partial charge in [0, 0.05) is 41.9 Å². The standard InChI is InChI=1S/C20H18N4/c1-2-19(15-7-10-21-11-8-15)24-14-13-23-20(24)17-9-12-22-18-6-4-3-5-16(17)18/h3-14,19H,2H2,1H3/t19-/m1/s1. The third-order valence-corrected chi connectivity index (χ3v) is 4.37. The molecule has 0 spiro atoms. The quantitative estimate of drug-likeness (QED) is 0.557. The van der Waals surface area contributed by atoms with Crippen LogP contribution in [0, 0.1) is 0 Å². The van der Waals surface area contributed by atoms with Crippen molar-refractivity contribution in [3.05, 3.63) is 79.0 Å². The first kappa shape index (κ1) is 14.6. The summed E-state index contributed by atoms with van der Waals surface area (Å²) in [5.41, 5.74) is 3.34. The van der Waals surface area contributed by atoms with E-state index in [1.807, 2.05) is 49.1 Å². The number of hydrogen-bond acceptors (Lipinski definition) is 3. The molecule has 0 aliphatic rings. The molecule has 4 heteroatoms. The molecule has 24 heavy (non-hydrogen) atoms. The Morgan fingerprint density at radius 1 is 0.917 bits per heavy atom. The van der Waals surface area contributed by atoms with Crippen molar-refractivity contribution in [1.82, 2.24) is 19.5 Å². The predicted molar refractivity (Wildman–Crippen MR) is 95.6 cm³/mol. The van der Waals surface area contributed by atoms with E-state index in [0.717, 1.165) is 28.7 Å². The Morgan fingerprint density at radius 3 is 2.58 bits per heavy atom. The molecule has 1 aromatic carbocycles. The van der Waals surface area contributed by atoms with Crippen LogP contribution in [0.15, 0.2) is 73.4 Å². The molecule has 4 nitrogen and oxygen atoms in total. The Labute approximate surface area is 140 Å². The van der Waals surface area contributed by atoms with Crippen LogP contribution in [0.3, 0.4) is 0 Å². The fourth-order valence-corrected chi connectivity index (χ4v) is 3.24. The second kappa shape index (κ2) is 6.24. The molecule has 0 aliphatic heterocycles. The lowest BCUT2D eigenvalue weighted by Gasteiger charge is -2.20. The molecule has 1 atom stereocenters. The highest BCUT2D eigenvalue weighted by Gasteiger charge is 2.17. The molecule has 0 saturated heterocycles. The molecule has 0 aliphatic carbocycles. The number of imidazole rings is 1. The summed E-state index contributed by atoms with van der Waals surface area (Å²) < 4.78 is 2.25. The van der Waals surface area contributed by atoms with Crippen molar-refractivity contribution in [3.8, 4) is 11.4 Å². The maximum Gasteiger partial charge on any atom is 0.141 e. The van der Waals surface area contributed by atoms with Crippen molar-refractivity contribution in [3.63, 3.8) is 0 Å². The molecule has 0 unspecified atom stereocenters. The summed E-state index contributed by atoms with van der Waals surface area (Å²) in [5, 5.41) is 1.12. The Morgan fingerprint density at radius 2 is 1.75 bits per heavy atom. The van der Waals surface area contributed by atoms with Crippen LogP contribution < -0.4 is 0 Å². The van der Waals surface area contributed by atoms with E-state index in [2.05, 4.69) is 50.8 Å². The minimum absolute atomic E-state index is 0.234. The molecule has 0 amide bonds. The van der Waals surface area contributed by atoms with Gasteiger partial charge in [0.15, 0.2) is 0 Å². The van der Waals surface area contributed by atoms with Crippen molar-refractivity contribution in [2.75, 3.05) is 0 Å². The maximum atomic E-state index is 4.65. The molecule has 3 aromatic heterocycles. The average Bonchev–Trinajstić information content (AvgIpc) is 3.12. The molecule has 4 aromatic rings. The van der Waals surface area contributed by atoms with E-state index in [-0.39, 0.29) is 6.04 Å². The van der Waals surface area contributed by atoms with Gasteiger partial charge in [0.2, 0.25) is 0 Å². The molecular weight excluding hydrogens is 296 g/mol. The van der Waals surface area contributed by atoms with Gasteiger partial charge in [-0.1, -0.05) is 25.1 Å². The normalized spacial score (nSPS) is 12.4. The van der Waals surface area contributed by atoms with E-state index in [0.29, 0.717) is 0 Å². The van der Waals surface area contributed by atoms with Crippen LogP contribution in [0.1, 0.15) is 24.9 Å². The van der Waals surface area contributed by atoms with Gasteiger partial charge >= 0.3 is 0 Å². The van der Waals surface area contributed by atoms with Crippen LogP contribution in [-0.4, -0.2) is 19.5 Å². The number of pyridine rings is 2. The molecular formula is C20H18N4. The number of nitrogens with zero attached hydrogens (tertiary/aromatic N) is 4. The van der Waals surface area contributed by atoms with E-state index in [9.17, 15) is 0 Å². The first-order chi connectivity index (χ1) is 11.9. The molecule has 118 valence electrons. The molecule has 3 heterocycles. The van der Waals surface area contributed by atoms with Crippen molar-refractivity contribution >= 4 is 10.9 Å². The molecule has 0 fully saturated rings. The smallest absolute Gasteiger partial charge is 0.141 e. The lowest BCUT2D eigenvalue weighted by atomic mass is 10.0. The first-order valence-electron chi connectivity index (χ1n) is 8.15. The van der Waals surface area contributed by atoms with Gasteiger partial charge in [0.1, 0.15) is 5.82 Å². The number of rotatable bonds is 4. The number of hydrogen-bond donors (Lipinski definition) is 0. The SMILES string of the molecule is CC[C@H](c1ccncc1)n1ccnc1-c1ccnc2ccccc12. The minimum atomic E-state index is 0.234. The highest BCUT2D eigenvalue weighted by molar-refractivity contribution is 5.92. The van der Waals surface area contributed by atoms with E-state index in [1.54, 1.807) is 0 Å². The second-order valence-electron chi connectivity index (χ2n) is 5.74. The number of benzene rings is 1. The zero-order valence-corrected chi connectivity index (χ0v) is 13.5. The monoisotopic (exact) mass is 314 g/mol. The largest absolute Gasteiger partial charge is 0.323 e. The summed E-state index contributed by atoms with van der Waals surface area (Å²) >= 11 is 0. The number of aromatic nitrogens is 4. The topological polar surface area (TPSA) is 43.6 Å². The van der Waals surface area contributed by atoms with E-state index < -0.39 is 0 Å². The third kappa shape index (κ3) is 2.46. The van der Waals surface area contributed by atoms with Crippen LogP contribution >= 0.6 is 0 Å². The molecule has 0 radical (unpaired) electrons. The van der Waals surface area contributed by atoms with E-state index in [4.69, 9.17) is 0 Å². The highest BCUT2D eigenvalue weighted by atomic mass is 15.1. The predicted octanol–water partition coefficient (Wildman–Crippen LogP) is 4.49. The fourth-order valence-electron chi connectivity index (χ4n) is 3.24. The van der Waals surface area contributed by atoms with Gasteiger partial charge in [-0.25, -0.2) is 4.98 Å². The lowest BCUT2D eigenvalue weighted by molar-refractivity contribution is 0.571. The van der Waals surface area contributed by atoms with Crippen LogP contribution in [-0.2, 0) is 0 Å². The molecule has 4 rings (SSSR count). The summed E-state index contributed by atoms with van der Waals surface area (Å²) in [7, 11) is 0. The van der Waals surface area contributed by atoms with Crippen molar-refractivity contribution in [1.29, 1.82) is 0 Å². The first-order valence-corrected chi connectivity index (χ1v) is 8.15. The summed E-state index contributed by atoms with van der Waals surface area (Å²) in [6.07, 6.45) is 10.4. The van der Waals surface area contributed by atoms with Gasteiger partial charge in [0.25, 0.3) is 0 Å². The average molecular weight is 314 g/mol. The second-order valence-corrected chi connectivity index (χ2v) is 5.74. The summed E-state index contributed by atoms with van der Waals surface area (Å²) in [5.74, 6) is 0.970. The van der Waals surface area contributed by atoms with Crippen LogP contribution in [0.25, 0.3) is 22.3 Å². The Balaban J connectivity index is 1.88. The van der Waals surface area contributed by atoms with E-state index >= 15 is 0 Å². The number of para-hydroxylation sites is 1. The summed E-state index contributed by atoms with van der Waals surface area (Å²) in [6, 6.07) is 14.6. The zero-order valence-electron chi connectivity index (χ0n) is 13.5. The van der Waals surface area contributed by atoms with Gasteiger partial charge in [0.05, 0.1) is 11.6 Å². The Bertz CT molecular complexity index is 954. The highest BCUT2D eigenvalue weighted by Crippen LogP contribution is 2.31. The minimum Gasteiger partial charge on any atom is -0.323 e. The maximum absolute atomic E-state index is 4.65. The van der Waals surface area contributed by atoms with Crippen LogP contribution in [0.5, 0.6) is 0 Å². The molecule has 0 saturated carbocycles. The van der Waals surface area contributed by atoms with Crippen molar-refractivity contribution < 1.29 is 0 Å². The van der Waals surface area contributed by atoms with Gasteiger partial charge in [-0.05, 0) is 36.2 Å². The molecule has 0 N–H and O–H groups in total. The van der Waals surface area contributed by atoms with Gasteiger partial charge in [-0.3, -0.25) is 9.97 Å². The van der Waals surface area contributed by atoms with Gasteiger partial charge < -0.3 is 4.57 Å². The van der Waals surface area contributed by atoms with Crippen molar-refractivity contribution in [2.45, 2.75) is 19.4 Å². The summed E-state index contributed by atoms with van der Waals surface area (Å²) in [4.78, 5) is 13.2. The van der Waals surface area contributed by atoms with Gasteiger partial charge in [-0.15, -0.1) is 0 Å². The molecule has 0 bridgehead atoms. The number of fused-ring (bicyclic) bond motifs is 1. The van der Waals surface area contributed by atoms with Gasteiger partial charge in [-0.2, -0.15) is 0 Å².